The Labute approximate surface area is 88.8 Å². The van der Waals surface area contributed by atoms with Crippen LogP contribution in [0.15, 0.2) is 0 Å². The van der Waals surface area contributed by atoms with Crippen LogP contribution in [0.1, 0.15) is 12.8 Å². The van der Waals surface area contributed by atoms with Crippen molar-refractivity contribution in [2.75, 3.05) is 0 Å². The molecule has 88 valence electrons. The van der Waals surface area contributed by atoms with Gasteiger partial charge in [0.05, 0.1) is 0 Å². The van der Waals surface area contributed by atoms with Gasteiger partial charge in [-0.1, -0.05) is 0 Å². The first kappa shape index (κ1) is 12.4. The zero-order valence-corrected chi connectivity index (χ0v) is 7.97. The second-order valence-electron chi connectivity index (χ2n) is 3.61. The lowest BCUT2D eigenvalue weighted by Gasteiger charge is -2.42. The molecule has 1 aliphatic rings. The van der Waals surface area contributed by atoms with Crippen molar-refractivity contribution in [2.45, 2.75) is 24.6 Å². The quantitative estimate of drug-likeness (QED) is 0.686. The molecule has 4 nitrogen and oxygen atoms in total. The second kappa shape index (κ2) is 3.70. The number of alkyl halides is 3. The molecule has 0 radical (unpaired) electrons. The van der Waals surface area contributed by atoms with E-state index in [1.807, 2.05) is 0 Å². The van der Waals surface area contributed by atoms with Gasteiger partial charge in [0.15, 0.2) is 0 Å². The highest BCUT2D eigenvalue weighted by atomic mass is 19.4. The maximum atomic E-state index is 11.9. The first-order valence-electron chi connectivity index (χ1n) is 4.30. The SMILES string of the molecule is C#CC1CC(NC(=O)C(F)(F)F)(C(=O)O)C1. The predicted octanol–water partition coefficient (Wildman–Crippen LogP) is 0.531. The molecule has 1 saturated carbocycles. The van der Waals surface area contributed by atoms with Crippen LogP contribution in [0.3, 0.4) is 0 Å². The first-order valence-corrected chi connectivity index (χ1v) is 4.30. The maximum absolute atomic E-state index is 11.9. The van der Waals surface area contributed by atoms with Crippen LogP contribution in [0, 0.1) is 18.3 Å². The molecule has 0 aromatic carbocycles. The van der Waals surface area contributed by atoms with Crippen molar-refractivity contribution >= 4 is 11.9 Å². The van der Waals surface area contributed by atoms with Gasteiger partial charge in [0.25, 0.3) is 0 Å². The standard InChI is InChI=1S/C9H8F3NO3/c1-2-5-3-8(4-5,7(15)16)13-6(14)9(10,11)12/h1,5H,3-4H2,(H,13,14)(H,15,16). The number of carboxylic acid groups (broad SMARTS) is 1. The Morgan fingerprint density at radius 1 is 1.44 bits per heavy atom. The van der Waals surface area contributed by atoms with Crippen LogP contribution in [-0.4, -0.2) is 28.7 Å². The van der Waals surface area contributed by atoms with E-state index in [0.29, 0.717) is 0 Å². The number of rotatable bonds is 2. The largest absolute Gasteiger partial charge is 0.480 e. The summed E-state index contributed by atoms with van der Waals surface area (Å²) >= 11 is 0. The molecule has 1 rings (SSSR count). The Morgan fingerprint density at radius 2 is 1.94 bits per heavy atom. The van der Waals surface area contributed by atoms with Crippen molar-refractivity contribution < 1.29 is 27.9 Å². The van der Waals surface area contributed by atoms with E-state index in [1.54, 1.807) is 0 Å². The van der Waals surface area contributed by atoms with Gasteiger partial charge in [-0.3, -0.25) is 4.79 Å². The Hall–Kier alpha value is -1.71. The highest BCUT2D eigenvalue weighted by molar-refractivity contribution is 5.90. The summed E-state index contributed by atoms with van der Waals surface area (Å²) in [7, 11) is 0. The van der Waals surface area contributed by atoms with E-state index in [1.165, 1.54) is 5.32 Å². The van der Waals surface area contributed by atoms with Crippen LogP contribution < -0.4 is 5.32 Å². The molecule has 0 aromatic heterocycles. The Balaban J connectivity index is 2.74. The molecule has 0 heterocycles. The topological polar surface area (TPSA) is 66.4 Å². The average molecular weight is 235 g/mol. The molecule has 0 aromatic rings. The third-order valence-electron chi connectivity index (χ3n) is 2.45. The van der Waals surface area contributed by atoms with Gasteiger partial charge in [-0.15, -0.1) is 12.3 Å². The summed E-state index contributed by atoms with van der Waals surface area (Å²) in [5.74, 6) is -1.95. The first-order chi connectivity index (χ1) is 7.21. The molecule has 1 aliphatic carbocycles. The van der Waals surface area contributed by atoms with Crippen molar-refractivity contribution in [3.05, 3.63) is 0 Å². The van der Waals surface area contributed by atoms with Crippen molar-refractivity contribution in [1.29, 1.82) is 0 Å². The fraction of sp³-hybridized carbons (Fsp3) is 0.556. The second-order valence-corrected chi connectivity index (χ2v) is 3.61. The third-order valence-corrected chi connectivity index (χ3v) is 2.45. The molecule has 0 bridgehead atoms. The molecule has 16 heavy (non-hydrogen) atoms. The molecule has 1 fully saturated rings. The Morgan fingerprint density at radius 3 is 2.25 bits per heavy atom. The van der Waals surface area contributed by atoms with Crippen LogP contribution >= 0.6 is 0 Å². The zero-order valence-electron chi connectivity index (χ0n) is 7.97. The van der Waals surface area contributed by atoms with E-state index in [0.717, 1.165) is 0 Å². The van der Waals surface area contributed by atoms with Gasteiger partial charge in [0.1, 0.15) is 5.54 Å². The lowest BCUT2D eigenvalue weighted by Crippen LogP contribution is -2.64. The number of hydrogen-bond acceptors (Lipinski definition) is 2. The minimum Gasteiger partial charge on any atom is -0.480 e. The normalized spacial score (nSPS) is 28.8. The van der Waals surface area contributed by atoms with Gasteiger partial charge >= 0.3 is 18.1 Å². The highest BCUT2D eigenvalue weighted by Gasteiger charge is 2.54. The summed E-state index contributed by atoms with van der Waals surface area (Å²) < 4.78 is 35.8. The number of hydrogen-bond donors (Lipinski definition) is 2. The van der Waals surface area contributed by atoms with E-state index in [2.05, 4.69) is 5.92 Å². The summed E-state index contributed by atoms with van der Waals surface area (Å²) in [4.78, 5) is 21.4. The fourth-order valence-corrected chi connectivity index (χ4v) is 1.52. The van der Waals surface area contributed by atoms with E-state index in [9.17, 15) is 22.8 Å². The number of carboxylic acids is 1. The minimum absolute atomic E-state index is 0.180. The molecule has 0 spiro atoms. The molecule has 2 N–H and O–H groups in total. The molecule has 0 saturated heterocycles. The number of carbonyl (C=O) groups excluding carboxylic acids is 1. The van der Waals surface area contributed by atoms with E-state index in [4.69, 9.17) is 11.5 Å². The predicted molar refractivity (Wildman–Crippen MR) is 46.1 cm³/mol. The smallest absolute Gasteiger partial charge is 0.471 e. The van der Waals surface area contributed by atoms with Crippen molar-refractivity contribution in [1.82, 2.24) is 5.32 Å². The lowest BCUT2D eigenvalue weighted by atomic mass is 9.68. The average Bonchev–Trinajstić information content (AvgIpc) is 2.07. The fourth-order valence-electron chi connectivity index (χ4n) is 1.52. The molecule has 0 aliphatic heterocycles. The van der Waals surface area contributed by atoms with Crippen molar-refractivity contribution in [2.24, 2.45) is 5.92 Å². The highest BCUT2D eigenvalue weighted by Crippen LogP contribution is 2.38. The lowest BCUT2D eigenvalue weighted by molar-refractivity contribution is -0.180. The number of terminal acetylenes is 1. The molecule has 1 amide bonds. The molecule has 0 atom stereocenters. The van der Waals surface area contributed by atoms with Crippen molar-refractivity contribution in [3.8, 4) is 12.3 Å². The molecule has 7 heteroatoms. The van der Waals surface area contributed by atoms with Crippen LogP contribution in [-0.2, 0) is 9.59 Å². The van der Waals surface area contributed by atoms with E-state index in [-0.39, 0.29) is 12.8 Å². The van der Waals surface area contributed by atoms with Gasteiger partial charge < -0.3 is 10.4 Å². The summed E-state index contributed by atoms with van der Waals surface area (Å²) in [6.45, 7) is 0. The van der Waals surface area contributed by atoms with Crippen molar-refractivity contribution in [3.63, 3.8) is 0 Å². The minimum atomic E-state index is -5.09. The van der Waals surface area contributed by atoms with Gasteiger partial charge in [-0.05, 0) is 12.8 Å². The van der Waals surface area contributed by atoms with Crippen LogP contribution in [0.2, 0.25) is 0 Å². The van der Waals surface area contributed by atoms with Gasteiger partial charge in [-0.2, -0.15) is 13.2 Å². The van der Waals surface area contributed by atoms with E-state index < -0.39 is 29.5 Å². The number of nitrogens with one attached hydrogen (secondary N) is 1. The van der Waals surface area contributed by atoms with Crippen LogP contribution in [0.25, 0.3) is 0 Å². The monoisotopic (exact) mass is 235 g/mol. The zero-order chi connectivity index (χ0) is 12.6. The maximum Gasteiger partial charge on any atom is 0.471 e. The number of aliphatic carboxylic acids is 1. The number of halogens is 3. The Kier molecular flexibility index (Phi) is 2.86. The third kappa shape index (κ3) is 2.10. The molecule has 0 unspecified atom stereocenters. The van der Waals surface area contributed by atoms with E-state index >= 15 is 0 Å². The Bertz CT molecular complexity index is 363. The molecular formula is C9H8F3NO3. The summed E-state index contributed by atoms with van der Waals surface area (Å²) in [5.41, 5.74) is -1.87. The summed E-state index contributed by atoms with van der Waals surface area (Å²) in [5, 5.41) is 10.2. The van der Waals surface area contributed by atoms with Crippen LogP contribution in [0.5, 0.6) is 0 Å². The number of carbonyl (C=O) groups is 2. The van der Waals surface area contributed by atoms with Gasteiger partial charge in [0.2, 0.25) is 0 Å². The summed E-state index contributed by atoms with van der Waals surface area (Å²) in [6.07, 6.45) is -0.460. The number of amides is 1. The van der Waals surface area contributed by atoms with Gasteiger partial charge in [-0.25, -0.2) is 4.79 Å². The molecular weight excluding hydrogens is 227 g/mol. The summed E-state index contributed by atoms with van der Waals surface area (Å²) in [6, 6.07) is 0. The van der Waals surface area contributed by atoms with Crippen LogP contribution in [0.4, 0.5) is 13.2 Å². The van der Waals surface area contributed by atoms with Gasteiger partial charge in [0, 0.05) is 5.92 Å².